The lowest BCUT2D eigenvalue weighted by atomic mass is 9.62. The average Bonchev–Trinajstić information content (AvgIpc) is 2.79. The normalized spacial score (nSPS) is 34.9. The van der Waals surface area contributed by atoms with Crippen LogP contribution in [0, 0.1) is 11.3 Å². The Hall–Kier alpha value is -2.11. The van der Waals surface area contributed by atoms with Crippen LogP contribution in [0.15, 0.2) is 43.0 Å². The van der Waals surface area contributed by atoms with Crippen molar-refractivity contribution in [2.45, 2.75) is 31.7 Å². The number of methoxy groups -OCH3 is 1. The number of hydrogen-bond acceptors (Lipinski definition) is 5. The van der Waals surface area contributed by atoms with E-state index in [1.807, 2.05) is 6.92 Å². The van der Waals surface area contributed by atoms with Crippen LogP contribution in [0.4, 0.5) is 0 Å². The lowest BCUT2D eigenvalue weighted by Crippen LogP contribution is -2.54. The number of rotatable bonds is 4. The first-order chi connectivity index (χ1) is 11.4. The van der Waals surface area contributed by atoms with E-state index in [4.69, 9.17) is 9.47 Å². The molecule has 1 heterocycles. The molecule has 2 N–H and O–H groups in total. The summed E-state index contributed by atoms with van der Waals surface area (Å²) in [7, 11) is 1.47. The molecule has 3 rings (SSSR count). The standard InChI is InChI=1S/C19H22O5/c1-4-9-18-10-5-6-16(21)19(18,22)24-17(12(18)2)13-7-8-14(20)15(11-13)23-3/h4-8,11-12,17,20,22H,1,9-10H2,2-3H3/t12-,17-,18-,19-/m0/s1. The van der Waals surface area contributed by atoms with Crippen LogP contribution in [0.1, 0.15) is 31.4 Å². The van der Waals surface area contributed by atoms with Gasteiger partial charge in [0.1, 0.15) is 0 Å². The molecule has 5 heteroatoms. The number of fused-ring (bicyclic) bond motifs is 1. The fourth-order valence-electron chi connectivity index (χ4n) is 4.01. The van der Waals surface area contributed by atoms with Crippen molar-refractivity contribution < 1.29 is 24.5 Å². The van der Waals surface area contributed by atoms with Gasteiger partial charge in [-0.05, 0) is 42.5 Å². The zero-order valence-electron chi connectivity index (χ0n) is 13.9. The SMILES string of the molecule is C=CC[C@@]12CC=CC(=O)[C@]1(O)O[C@H](c1ccc(O)c(OC)c1)[C@@H]2C. The fraction of sp³-hybridized carbons (Fsp3) is 0.421. The molecule has 5 nitrogen and oxygen atoms in total. The van der Waals surface area contributed by atoms with Gasteiger partial charge in [0.15, 0.2) is 11.5 Å². The third-order valence-corrected chi connectivity index (χ3v) is 5.42. The van der Waals surface area contributed by atoms with Crippen molar-refractivity contribution in [3.8, 4) is 11.5 Å². The van der Waals surface area contributed by atoms with Crippen LogP contribution in [-0.2, 0) is 9.53 Å². The van der Waals surface area contributed by atoms with Crippen molar-refractivity contribution in [1.82, 2.24) is 0 Å². The molecule has 1 aliphatic heterocycles. The molecular weight excluding hydrogens is 308 g/mol. The number of aromatic hydroxyl groups is 1. The van der Waals surface area contributed by atoms with E-state index in [0.29, 0.717) is 18.6 Å². The van der Waals surface area contributed by atoms with E-state index in [-0.39, 0.29) is 11.7 Å². The van der Waals surface area contributed by atoms with Crippen molar-refractivity contribution >= 4 is 5.78 Å². The highest BCUT2D eigenvalue weighted by Crippen LogP contribution is 2.61. The fourth-order valence-corrected chi connectivity index (χ4v) is 4.01. The van der Waals surface area contributed by atoms with Crippen LogP contribution in [0.3, 0.4) is 0 Å². The van der Waals surface area contributed by atoms with E-state index in [1.54, 1.807) is 24.3 Å². The van der Waals surface area contributed by atoms with E-state index >= 15 is 0 Å². The first kappa shape index (κ1) is 16.7. The van der Waals surface area contributed by atoms with Gasteiger partial charge in [0.05, 0.1) is 13.2 Å². The maximum atomic E-state index is 12.4. The zero-order chi connectivity index (χ0) is 17.5. The summed E-state index contributed by atoms with van der Waals surface area (Å²) >= 11 is 0. The number of carbonyl (C=O) groups excluding carboxylic acids is 1. The second-order valence-electron chi connectivity index (χ2n) is 6.52. The lowest BCUT2D eigenvalue weighted by Gasteiger charge is -2.42. The molecule has 1 saturated heterocycles. The zero-order valence-corrected chi connectivity index (χ0v) is 13.9. The smallest absolute Gasteiger partial charge is 0.237 e. The number of phenols is 1. The van der Waals surface area contributed by atoms with Crippen molar-refractivity contribution in [3.63, 3.8) is 0 Å². The third-order valence-electron chi connectivity index (χ3n) is 5.42. The number of phenolic OH excluding ortho intramolecular Hbond substituents is 1. The number of ether oxygens (including phenoxy) is 2. The molecule has 0 saturated carbocycles. The Balaban J connectivity index is 2.07. The van der Waals surface area contributed by atoms with Gasteiger partial charge in [-0.1, -0.05) is 25.1 Å². The predicted octanol–water partition coefficient (Wildman–Crippen LogP) is 2.89. The predicted molar refractivity (Wildman–Crippen MR) is 88.6 cm³/mol. The maximum absolute atomic E-state index is 12.4. The summed E-state index contributed by atoms with van der Waals surface area (Å²) in [4.78, 5) is 12.4. The highest BCUT2D eigenvalue weighted by atomic mass is 16.6. The number of hydrogen-bond donors (Lipinski definition) is 2. The molecule has 1 fully saturated rings. The number of ketones is 1. The van der Waals surface area contributed by atoms with Crippen LogP contribution in [0.2, 0.25) is 0 Å². The highest BCUT2D eigenvalue weighted by molar-refractivity contribution is 5.97. The molecule has 1 aromatic carbocycles. The molecule has 4 atom stereocenters. The van der Waals surface area contributed by atoms with Gasteiger partial charge in [-0.2, -0.15) is 0 Å². The molecule has 128 valence electrons. The minimum absolute atomic E-state index is 0.0292. The summed E-state index contributed by atoms with van der Waals surface area (Å²) in [5, 5.41) is 20.9. The van der Waals surface area contributed by atoms with E-state index in [9.17, 15) is 15.0 Å². The van der Waals surface area contributed by atoms with Gasteiger partial charge in [0, 0.05) is 5.41 Å². The second kappa shape index (κ2) is 5.76. The van der Waals surface area contributed by atoms with Gasteiger partial charge in [-0.15, -0.1) is 6.58 Å². The molecule has 0 aromatic heterocycles. The Bertz CT molecular complexity index is 710. The Morgan fingerprint density at radius 2 is 2.25 bits per heavy atom. The molecule has 0 spiro atoms. The molecular formula is C19H22O5. The molecule has 2 aliphatic rings. The number of allylic oxidation sites excluding steroid dienone is 2. The highest BCUT2D eigenvalue weighted by Gasteiger charge is 2.66. The largest absolute Gasteiger partial charge is 0.504 e. The molecule has 0 amide bonds. The van der Waals surface area contributed by atoms with Crippen LogP contribution in [-0.4, -0.2) is 28.9 Å². The minimum atomic E-state index is -1.87. The molecule has 1 aromatic rings. The number of benzene rings is 1. The summed E-state index contributed by atoms with van der Waals surface area (Å²) in [6, 6.07) is 4.92. The van der Waals surface area contributed by atoms with E-state index in [0.717, 1.165) is 5.56 Å². The first-order valence-electron chi connectivity index (χ1n) is 7.98. The monoisotopic (exact) mass is 330 g/mol. The molecule has 0 bridgehead atoms. The van der Waals surface area contributed by atoms with Crippen LogP contribution in [0.5, 0.6) is 11.5 Å². The molecule has 0 unspecified atom stereocenters. The molecule has 24 heavy (non-hydrogen) atoms. The van der Waals surface area contributed by atoms with Crippen molar-refractivity contribution in [3.05, 3.63) is 48.6 Å². The third kappa shape index (κ3) is 2.12. The Labute approximate surface area is 141 Å². The second-order valence-corrected chi connectivity index (χ2v) is 6.52. The van der Waals surface area contributed by atoms with Gasteiger partial charge < -0.3 is 19.7 Å². The number of aliphatic hydroxyl groups is 1. The first-order valence-corrected chi connectivity index (χ1v) is 7.98. The van der Waals surface area contributed by atoms with Crippen molar-refractivity contribution in [2.75, 3.05) is 7.11 Å². The quantitative estimate of drug-likeness (QED) is 0.830. The Kier molecular flexibility index (Phi) is 4.01. The van der Waals surface area contributed by atoms with Crippen LogP contribution in [0.25, 0.3) is 0 Å². The molecule has 1 aliphatic carbocycles. The maximum Gasteiger partial charge on any atom is 0.237 e. The summed E-state index contributed by atoms with van der Waals surface area (Å²) in [6.45, 7) is 5.75. The lowest BCUT2D eigenvalue weighted by molar-refractivity contribution is -0.229. The van der Waals surface area contributed by atoms with Gasteiger partial charge in [0.25, 0.3) is 0 Å². The summed E-state index contributed by atoms with van der Waals surface area (Å²) in [5.74, 6) is -2.08. The molecule has 0 radical (unpaired) electrons. The van der Waals surface area contributed by atoms with Crippen molar-refractivity contribution in [1.29, 1.82) is 0 Å². The average molecular weight is 330 g/mol. The van der Waals surface area contributed by atoms with Crippen molar-refractivity contribution in [2.24, 2.45) is 11.3 Å². The van der Waals surface area contributed by atoms with Gasteiger partial charge in [-0.3, -0.25) is 4.79 Å². The Morgan fingerprint density at radius 1 is 1.50 bits per heavy atom. The van der Waals surface area contributed by atoms with Gasteiger partial charge in [-0.25, -0.2) is 0 Å². The van der Waals surface area contributed by atoms with Crippen LogP contribution >= 0.6 is 0 Å². The summed E-state index contributed by atoms with van der Waals surface area (Å²) in [5.41, 5.74) is -0.00711. The van der Waals surface area contributed by atoms with E-state index < -0.39 is 23.1 Å². The summed E-state index contributed by atoms with van der Waals surface area (Å²) in [6.07, 6.45) is 5.40. The topological polar surface area (TPSA) is 76.0 Å². The minimum Gasteiger partial charge on any atom is -0.504 e. The van der Waals surface area contributed by atoms with E-state index in [2.05, 4.69) is 6.58 Å². The van der Waals surface area contributed by atoms with Crippen LogP contribution < -0.4 is 4.74 Å². The number of carbonyl (C=O) groups is 1. The van der Waals surface area contributed by atoms with Gasteiger partial charge in [0.2, 0.25) is 11.6 Å². The summed E-state index contributed by atoms with van der Waals surface area (Å²) < 4.78 is 11.1. The van der Waals surface area contributed by atoms with Gasteiger partial charge >= 0.3 is 0 Å². The van der Waals surface area contributed by atoms with E-state index in [1.165, 1.54) is 19.3 Å². The Morgan fingerprint density at radius 3 is 2.92 bits per heavy atom.